The molecule has 1 atom stereocenters. The number of hydrogen-bond acceptors (Lipinski definition) is 6. The molecule has 0 radical (unpaired) electrons. The standard InChI is InChI=1S/C19H25F2NO5.C4H10F3NS/c1-18(2,3)27-17(24)22-9-8-14(19(20,21)11-22)12-6-7-13(16(23)26-5)15(10-12)25-4;1-3-8(4-2)9(5,6)7/h6-7,10,14H,8-9,11H2,1-5H3;3-4H2,1-2H3. The largest absolute Gasteiger partial charge is 0.496 e. The molecule has 0 aromatic heterocycles. The minimum atomic E-state index is -4.93. The van der Waals surface area contributed by atoms with Crippen LogP contribution in [0, 0.1) is 0 Å². The van der Waals surface area contributed by atoms with Crippen LogP contribution in [0.15, 0.2) is 18.2 Å². The number of carbonyl (C=O) groups excluding carboxylic acids is 2. The van der Waals surface area contributed by atoms with Crippen molar-refractivity contribution >= 4 is 23.4 Å². The van der Waals surface area contributed by atoms with E-state index in [0.29, 0.717) is 9.87 Å². The van der Waals surface area contributed by atoms with Crippen LogP contribution in [0.2, 0.25) is 0 Å². The highest BCUT2D eigenvalue weighted by Gasteiger charge is 2.47. The molecule has 1 amide bonds. The molecule has 13 heteroatoms. The van der Waals surface area contributed by atoms with Gasteiger partial charge in [-0.3, -0.25) is 0 Å². The summed E-state index contributed by atoms with van der Waals surface area (Å²) in [5, 5.41) is 0. The SMILES string of the molecule is CCN(CC)S(F)(F)F.COC(=O)c1ccc(C2CCN(C(=O)OC(C)(C)C)CC2(F)F)cc1OC. The molecule has 2 rings (SSSR count). The second kappa shape index (κ2) is 12.8. The van der Waals surface area contributed by atoms with Crippen LogP contribution in [0.25, 0.3) is 0 Å². The summed E-state index contributed by atoms with van der Waals surface area (Å²) in [6.07, 6.45) is -0.688. The van der Waals surface area contributed by atoms with Gasteiger partial charge in [-0.2, -0.15) is 4.31 Å². The smallest absolute Gasteiger partial charge is 0.410 e. The van der Waals surface area contributed by atoms with E-state index in [1.54, 1.807) is 20.8 Å². The van der Waals surface area contributed by atoms with Gasteiger partial charge < -0.3 is 19.1 Å². The molecule has 1 heterocycles. The van der Waals surface area contributed by atoms with E-state index in [9.17, 15) is 30.0 Å². The molecule has 0 saturated carbocycles. The molecule has 1 aliphatic heterocycles. The van der Waals surface area contributed by atoms with Crippen LogP contribution in [0.3, 0.4) is 0 Å². The van der Waals surface area contributed by atoms with Crippen molar-refractivity contribution in [2.45, 2.75) is 58.5 Å². The summed E-state index contributed by atoms with van der Waals surface area (Å²) < 4.78 is 80.3. The highest BCUT2D eigenvalue weighted by molar-refractivity contribution is 8.18. The summed E-state index contributed by atoms with van der Waals surface area (Å²) in [5.74, 6) is -4.68. The number of ether oxygens (including phenoxy) is 3. The van der Waals surface area contributed by atoms with E-state index in [1.165, 1.54) is 46.3 Å². The zero-order chi connectivity index (χ0) is 27.9. The molecule has 0 spiro atoms. The van der Waals surface area contributed by atoms with Gasteiger partial charge in [-0.1, -0.05) is 19.9 Å². The third-order valence-corrected chi connectivity index (χ3v) is 6.38. The first-order valence-corrected chi connectivity index (χ1v) is 12.6. The average molecular weight is 547 g/mol. The van der Waals surface area contributed by atoms with Crippen LogP contribution >= 0.6 is 11.4 Å². The minimum absolute atomic E-state index is 0.0625. The van der Waals surface area contributed by atoms with E-state index in [4.69, 9.17) is 9.47 Å². The van der Waals surface area contributed by atoms with Crippen molar-refractivity contribution in [2.24, 2.45) is 0 Å². The lowest BCUT2D eigenvalue weighted by Gasteiger charge is -2.39. The van der Waals surface area contributed by atoms with Gasteiger partial charge in [0.1, 0.15) is 16.9 Å². The molecule has 0 bridgehead atoms. The Hall–Kier alpha value is -2.28. The maximum absolute atomic E-state index is 14.8. The van der Waals surface area contributed by atoms with Gasteiger partial charge in [-0.05, 0) is 44.9 Å². The summed E-state index contributed by atoms with van der Waals surface area (Å²) >= 11 is -4.93. The summed E-state index contributed by atoms with van der Waals surface area (Å²) in [4.78, 5) is 24.9. The number of nitrogens with zero attached hydrogens (tertiary/aromatic N) is 2. The molecule has 1 aliphatic rings. The lowest BCUT2D eigenvalue weighted by Crippen LogP contribution is -2.50. The maximum atomic E-state index is 14.8. The van der Waals surface area contributed by atoms with Crippen LogP contribution in [0.5, 0.6) is 5.75 Å². The van der Waals surface area contributed by atoms with Gasteiger partial charge in [-0.25, -0.2) is 18.4 Å². The van der Waals surface area contributed by atoms with E-state index in [1.807, 2.05) is 0 Å². The molecule has 208 valence electrons. The van der Waals surface area contributed by atoms with Crippen molar-refractivity contribution in [3.63, 3.8) is 0 Å². The number of hydrogen-bond donors (Lipinski definition) is 0. The van der Waals surface area contributed by atoms with Gasteiger partial charge in [0.25, 0.3) is 17.3 Å². The van der Waals surface area contributed by atoms with Crippen LogP contribution in [0.4, 0.5) is 25.2 Å². The molecule has 0 aliphatic carbocycles. The van der Waals surface area contributed by atoms with E-state index in [0.717, 1.165) is 4.90 Å². The van der Waals surface area contributed by atoms with Crippen LogP contribution in [0.1, 0.15) is 62.9 Å². The third-order valence-electron chi connectivity index (χ3n) is 5.28. The van der Waals surface area contributed by atoms with Gasteiger partial charge in [0.15, 0.2) is 0 Å². The number of halogens is 5. The maximum Gasteiger partial charge on any atom is 0.410 e. The zero-order valence-electron chi connectivity index (χ0n) is 21.6. The Morgan fingerprint density at radius 2 is 1.72 bits per heavy atom. The molecule has 0 N–H and O–H groups in total. The van der Waals surface area contributed by atoms with Crippen LogP contribution in [-0.4, -0.2) is 73.2 Å². The topological polar surface area (TPSA) is 68.3 Å². The Bertz CT molecular complexity index is 889. The van der Waals surface area contributed by atoms with Crippen LogP contribution in [-0.2, 0) is 9.47 Å². The Balaban J connectivity index is 0.000000613. The van der Waals surface area contributed by atoms with Crippen molar-refractivity contribution in [3.8, 4) is 5.75 Å². The van der Waals surface area contributed by atoms with Gasteiger partial charge in [0.2, 0.25) is 0 Å². The number of likely N-dealkylation sites (tertiary alicyclic amines) is 1. The molecule has 1 unspecified atom stereocenters. The first-order chi connectivity index (χ1) is 16.5. The highest BCUT2D eigenvalue weighted by atomic mass is 32.3. The second-order valence-electron chi connectivity index (χ2n) is 8.95. The van der Waals surface area contributed by atoms with E-state index < -0.39 is 47.4 Å². The van der Waals surface area contributed by atoms with E-state index in [2.05, 4.69) is 4.74 Å². The number of rotatable bonds is 6. The Morgan fingerprint density at radius 3 is 2.11 bits per heavy atom. The van der Waals surface area contributed by atoms with E-state index >= 15 is 0 Å². The second-order valence-corrected chi connectivity index (χ2v) is 10.2. The van der Waals surface area contributed by atoms with Crippen molar-refractivity contribution in [3.05, 3.63) is 29.3 Å². The monoisotopic (exact) mass is 546 g/mol. The van der Waals surface area contributed by atoms with Crippen LogP contribution < -0.4 is 4.74 Å². The average Bonchev–Trinajstić information content (AvgIpc) is 2.76. The molecule has 1 aromatic rings. The number of carbonyl (C=O) groups is 2. The first kappa shape index (κ1) is 31.7. The van der Waals surface area contributed by atoms with Gasteiger partial charge in [0.05, 0.1) is 26.7 Å². The predicted molar refractivity (Wildman–Crippen MR) is 128 cm³/mol. The summed E-state index contributed by atoms with van der Waals surface area (Å²) in [5.41, 5.74) is -0.244. The fourth-order valence-electron chi connectivity index (χ4n) is 3.55. The van der Waals surface area contributed by atoms with Gasteiger partial charge in [-0.15, -0.1) is 11.7 Å². The molecule has 7 nitrogen and oxygen atoms in total. The number of alkyl halides is 2. The summed E-state index contributed by atoms with van der Waals surface area (Å²) in [6, 6.07) is 4.31. The zero-order valence-corrected chi connectivity index (χ0v) is 22.4. The van der Waals surface area contributed by atoms with Crippen molar-refractivity contribution in [1.82, 2.24) is 9.21 Å². The normalized spacial score (nSPS) is 18.1. The molecule has 1 saturated heterocycles. The van der Waals surface area contributed by atoms with Crippen molar-refractivity contribution < 1.29 is 44.2 Å². The molecule has 1 fully saturated rings. The van der Waals surface area contributed by atoms with Crippen molar-refractivity contribution in [1.29, 1.82) is 0 Å². The predicted octanol–water partition coefficient (Wildman–Crippen LogP) is 6.54. The third kappa shape index (κ3) is 8.99. The minimum Gasteiger partial charge on any atom is -0.496 e. The quantitative estimate of drug-likeness (QED) is 0.298. The lowest BCUT2D eigenvalue weighted by atomic mass is 9.85. The number of esters is 1. The lowest BCUT2D eigenvalue weighted by molar-refractivity contribution is -0.0849. The number of amides is 1. The molecular formula is C23H35F5N2O5S. The van der Waals surface area contributed by atoms with Gasteiger partial charge in [0, 0.05) is 19.6 Å². The van der Waals surface area contributed by atoms with Gasteiger partial charge >= 0.3 is 12.1 Å². The molecular weight excluding hydrogens is 511 g/mol. The summed E-state index contributed by atoms with van der Waals surface area (Å²) in [6.45, 7) is 7.61. The molecule has 1 aromatic carbocycles. The fraction of sp³-hybridized carbons (Fsp3) is 0.652. The number of piperidine rings is 1. The molecule has 36 heavy (non-hydrogen) atoms. The first-order valence-electron chi connectivity index (χ1n) is 11.3. The summed E-state index contributed by atoms with van der Waals surface area (Å²) in [7, 11) is 2.59. The number of methoxy groups -OCH3 is 2. The Morgan fingerprint density at radius 1 is 1.14 bits per heavy atom. The highest BCUT2D eigenvalue weighted by Crippen LogP contribution is 2.56. The Labute approximate surface area is 211 Å². The number of benzene rings is 1. The Kier molecular flexibility index (Phi) is 11.3. The van der Waals surface area contributed by atoms with Crippen molar-refractivity contribution in [2.75, 3.05) is 40.4 Å². The fourth-order valence-corrected chi connectivity index (χ4v) is 4.14. The van der Waals surface area contributed by atoms with E-state index in [-0.39, 0.29) is 37.4 Å².